The Morgan fingerprint density at radius 1 is 0.722 bits per heavy atom. The molecule has 1 aliphatic carbocycles. The number of fused-ring (bicyclic) bond motifs is 6. The number of oxazole rings is 1. The number of cyclic esters (lactones) is 1. The molecule has 8 heterocycles. The summed E-state index contributed by atoms with van der Waals surface area (Å²) < 4.78 is 71.7. The van der Waals surface area contributed by atoms with Gasteiger partial charge in [-0.25, -0.2) is 19.4 Å². The summed E-state index contributed by atoms with van der Waals surface area (Å²) in [6.07, 6.45) is 14.5. The Morgan fingerprint density at radius 3 is 2.14 bits per heavy atom. The predicted octanol–water partition coefficient (Wildman–Crippen LogP) is 8.80. The Balaban J connectivity index is 0.552. The first kappa shape index (κ1) is 105. The number of esters is 1. The summed E-state index contributed by atoms with van der Waals surface area (Å²) in [5.74, 6) is -7.17. The summed E-state index contributed by atoms with van der Waals surface area (Å²) in [4.78, 5) is 108. The van der Waals surface area contributed by atoms with Crippen LogP contribution in [0.25, 0.3) is 33.4 Å². The van der Waals surface area contributed by atoms with E-state index in [2.05, 4.69) is 55.4 Å². The van der Waals surface area contributed by atoms with Gasteiger partial charge < -0.3 is 108 Å². The molecule has 3 amide bonds. The van der Waals surface area contributed by atoms with Gasteiger partial charge in [0.05, 0.1) is 140 Å². The molecule has 16 atom stereocenters. The third-order valence-corrected chi connectivity index (χ3v) is 26.8. The molecule has 3 saturated heterocycles. The standard InChI is InChI=1S/C98H144N12O23/c1-62-16-12-11-13-17-63(2)82(121-8)55-76-24-19-68(7)98(120,133-76)92(117)95(118)109-32-15-14-18-78(109)96(119)131-83(65(4)50-70-21-25-79(112)84(53-70)122-9)56-80(113)64(3)49-67(6)90(116)91(123-10)88(66(5)48-62)106-130-60-75(111)52-69-27-33-107(34-28-69)59-85(114)101-31-37-125-39-41-127-43-45-129-47-46-128-44-42-126-40-38-124-36-30-86(115)108-35-29-72-51-71(20-22-74(72)58-108)57-110-94-87(93(99)102-61-103-94)89(105-110)73-23-26-81-77(54-73)104-97(100)132-81/h11-13,16-17,20,22-23,26,49,51,54,61-62,64-66,68-70,76,78-80,82-84,90-91,112-113,116,120H,14-15,18-19,21,24-25,27-48,50,52-53,55-60H2,1-10H3,(H2,100,104)(H,101,114)(H2,99,102,103)/b13-11+,16-12+,63-17+,67-49+,106-88?/t62-,64-,65-,66-,68-,70+,76+,78+,79-,80-,82+,83+,84-,90-,91+,98-/m1/s1. The lowest BCUT2D eigenvalue weighted by atomic mass is 9.78. The van der Waals surface area contributed by atoms with Gasteiger partial charge in [-0.3, -0.25) is 28.9 Å². The number of methoxy groups -OCH3 is 3. The van der Waals surface area contributed by atoms with Gasteiger partial charge in [0.25, 0.3) is 17.7 Å². The van der Waals surface area contributed by atoms with E-state index in [4.69, 9.17) is 77.9 Å². The van der Waals surface area contributed by atoms with E-state index in [1.165, 1.54) is 23.9 Å². The van der Waals surface area contributed by atoms with Gasteiger partial charge in [0.2, 0.25) is 17.6 Å². The predicted molar refractivity (Wildman–Crippen MR) is 498 cm³/mol. The van der Waals surface area contributed by atoms with Gasteiger partial charge in [0.1, 0.15) is 47.7 Å². The van der Waals surface area contributed by atoms with Crippen LogP contribution in [0.1, 0.15) is 168 Å². The van der Waals surface area contributed by atoms with Crippen LogP contribution in [0.3, 0.4) is 0 Å². The third kappa shape index (κ3) is 30.3. The molecule has 734 valence electrons. The van der Waals surface area contributed by atoms with Gasteiger partial charge in [-0.05, 0) is 180 Å². The molecular formula is C98H144N12O23. The number of allylic oxidation sites excluding steroid dienone is 5. The van der Waals surface area contributed by atoms with Gasteiger partial charge in [-0.2, -0.15) is 10.1 Å². The lowest BCUT2D eigenvalue weighted by Crippen LogP contribution is -2.61. The van der Waals surface area contributed by atoms with Crippen LogP contribution >= 0.6 is 0 Å². The van der Waals surface area contributed by atoms with Crippen LogP contribution in [0.15, 0.2) is 99.9 Å². The molecule has 35 heteroatoms. The number of aromatic nitrogens is 5. The number of ketones is 2. The number of likely N-dealkylation sites (tertiary alicyclic amines) is 1. The number of carbonyl (C=O) groups is 6. The minimum absolute atomic E-state index is 0.0278. The number of nitrogen functional groups attached to an aromatic ring is 2. The van der Waals surface area contributed by atoms with Crippen molar-refractivity contribution in [2.45, 2.75) is 231 Å². The monoisotopic (exact) mass is 1860 g/mol. The molecule has 0 unspecified atom stereocenters. The Labute approximate surface area is 780 Å². The summed E-state index contributed by atoms with van der Waals surface area (Å²) in [5, 5.41) is 60.6. The van der Waals surface area contributed by atoms with Crippen LogP contribution in [-0.4, -0.2) is 308 Å². The van der Waals surface area contributed by atoms with Crippen LogP contribution in [0.5, 0.6) is 0 Å². The molecule has 9 N–H and O–H groups in total. The zero-order valence-corrected chi connectivity index (χ0v) is 79.3. The molecule has 0 spiro atoms. The molecule has 2 bridgehead atoms. The fraction of sp³-hybridized carbons (Fsp3) is 0.663. The maximum Gasteiger partial charge on any atom is 0.329 e. The number of rotatable bonds is 37. The molecule has 6 aliphatic rings. The summed E-state index contributed by atoms with van der Waals surface area (Å²) in [6.45, 7) is 20.7. The van der Waals surface area contributed by atoms with Gasteiger partial charge in [-0.15, -0.1) is 0 Å². The first-order chi connectivity index (χ1) is 64.1. The topological polar surface area (TPSA) is 450 Å². The minimum atomic E-state index is -2.46. The van der Waals surface area contributed by atoms with Gasteiger partial charge in [0, 0.05) is 90.1 Å². The normalized spacial score (nSPS) is 28.1. The molecule has 0 radical (unpaired) electrons. The summed E-state index contributed by atoms with van der Waals surface area (Å²) >= 11 is 0. The van der Waals surface area contributed by atoms with Crippen LogP contribution in [0, 0.1) is 41.4 Å². The van der Waals surface area contributed by atoms with Crippen molar-refractivity contribution >= 4 is 74.9 Å². The number of hydrogen-bond donors (Lipinski definition) is 7. The number of hydrogen-bond acceptors (Lipinski definition) is 31. The van der Waals surface area contributed by atoms with Gasteiger partial charge >= 0.3 is 5.97 Å². The van der Waals surface area contributed by atoms with Crippen molar-refractivity contribution in [3.05, 3.63) is 107 Å². The largest absolute Gasteiger partial charge is 0.460 e. The van der Waals surface area contributed by atoms with Crippen LogP contribution in [0.4, 0.5) is 11.8 Å². The Kier molecular flexibility index (Phi) is 41.2. The number of benzene rings is 2. The average molecular weight is 1860 g/mol. The van der Waals surface area contributed by atoms with Crippen LogP contribution in [0.2, 0.25) is 0 Å². The second-order valence-electron chi connectivity index (χ2n) is 36.8. The highest BCUT2D eigenvalue weighted by atomic mass is 16.6. The number of carbonyl (C=O) groups excluding carboxylic acids is 6. The minimum Gasteiger partial charge on any atom is -0.460 e. The number of aliphatic hydroxyl groups is 4. The van der Waals surface area contributed by atoms with E-state index in [1.807, 2.05) is 72.9 Å². The van der Waals surface area contributed by atoms with E-state index in [0.29, 0.717) is 234 Å². The highest BCUT2D eigenvalue weighted by molar-refractivity contribution is 6.39. The van der Waals surface area contributed by atoms with Crippen molar-refractivity contribution in [1.82, 2.24) is 44.7 Å². The number of piperidine rings is 2. The molecule has 133 heavy (non-hydrogen) atoms. The second-order valence-corrected chi connectivity index (χ2v) is 36.8. The van der Waals surface area contributed by atoms with E-state index in [9.17, 15) is 49.2 Å². The third-order valence-electron chi connectivity index (χ3n) is 26.8. The Hall–Kier alpha value is -8.89. The van der Waals surface area contributed by atoms with Crippen LogP contribution in [-0.2, 0) is 105 Å². The molecule has 5 aliphatic heterocycles. The summed E-state index contributed by atoms with van der Waals surface area (Å²) in [7, 11) is 4.62. The molecule has 2 aromatic carbocycles. The molecule has 35 nitrogen and oxygen atoms in total. The van der Waals surface area contributed by atoms with E-state index in [0.717, 1.165) is 28.7 Å². The van der Waals surface area contributed by atoms with E-state index in [-0.39, 0.29) is 111 Å². The summed E-state index contributed by atoms with van der Waals surface area (Å²) in [5.41, 5.74) is 20.4. The fourth-order valence-electron chi connectivity index (χ4n) is 18.9. The number of nitrogens with one attached hydrogen (secondary N) is 1. The zero-order valence-electron chi connectivity index (χ0n) is 79.3. The first-order valence-electron chi connectivity index (χ1n) is 47.6. The maximum absolute atomic E-state index is 14.8. The average Bonchev–Trinajstić information content (AvgIpc) is 0.932. The number of oxime groups is 1. The smallest absolute Gasteiger partial charge is 0.329 e. The number of Topliss-reactive ketones (excluding diaryl/α,β-unsaturated/α-hetero) is 2. The van der Waals surface area contributed by atoms with E-state index < -0.39 is 84.1 Å². The Morgan fingerprint density at radius 2 is 1.44 bits per heavy atom. The highest BCUT2D eigenvalue weighted by Crippen LogP contribution is 2.40. The number of anilines is 2. The number of nitrogens with zero attached hydrogens (tertiary/aromatic N) is 9. The molecular weight excluding hydrogens is 1710 g/mol. The van der Waals surface area contributed by atoms with E-state index >= 15 is 0 Å². The van der Waals surface area contributed by atoms with Crippen molar-refractivity contribution in [3.63, 3.8) is 0 Å². The quantitative estimate of drug-likeness (QED) is 0.00641. The molecule has 5 aromatic rings. The second kappa shape index (κ2) is 52.4. The van der Waals surface area contributed by atoms with Crippen molar-refractivity contribution in [2.24, 2.45) is 46.6 Å². The van der Waals surface area contributed by atoms with Crippen molar-refractivity contribution in [2.75, 3.05) is 158 Å². The summed E-state index contributed by atoms with van der Waals surface area (Å²) in [6, 6.07) is 10.8. The zero-order chi connectivity index (χ0) is 95.1. The van der Waals surface area contributed by atoms with Crippen molar-refractivity contribution < 1.29 is 111 Å². The van der Waals surface area contributed by atoms with Gasteiger partial charge in [-0.1, -0.05) is 94.4 Å². The van der Waals surface area contributed by atoms with Crippen molar-refractivity contribution in [3.8, 4) is 11.3 Å². The maximum atomic E-state index is 14.8. The lowest BCUT2D eigenvalue weighted by molar-refractivity contribution is -0.265. The number of nitrogens with two attached hydrogens (primary N) is 2. The van der Waals surface area contributed by atoms with Crippen molar-refractivity contribution in [1.29, 1.82) is 0 Å². The highest BCUT2D eigenvalue weighted by Gasteiger charge is 2.53. The lowest BCUT2D eigenvalue weighted by Gasteiger charge is -2.43. The first-order valence-corrected chi connectivity index (χ1v) is 47.6. The SMILES string of the molecule is CO[C@H]1C[C@@H]2CC[C@@H](C)[C@@](O)(O2)C(=O)C(=O)N2CCCC[C@H]2C(=O)O[C@H]([C@H](C)C[C@@H]2CC[C@@H](O)[C@H](OC)C2)C[C@@H](O)[C@H](C)/C=C(\C)[C@@H](O)[C@@H](OC)C(=NOCC(=O)CC2CCN(CC(=O)NCCOCCOCCOCCOCCOCCOCCC(=O)N3CCc4cc(Cn5nc(-c6ccc7oc(N)nc7c6)c6c(N)ncnc65)ccc4C3)CC2)[C@H](C)C[C@H](C)/C=C/C=C/C=C/1C. The Bertz CT molecular complexity index is 4740. The molecule has 4 fully saturated rings. The van der Waals surface area contributed by atoms with Crippen LogP contribution < -0.4 is 16.8 Å². The number of aliphatic hydroxyl groups excluding tert-OH is 3. The van der Waals surface area contributed by atoms with Gasteiger partial charge in [0.15, 0.2) is 23.6 Å². The molecule has 3 aromatic heterocycles. The van der Waals surface area contributed by atoms with E-state index in [1.54, 1.807) is 47.1 Å². The fourth-order valence-corrected chi connectivity index (χ4v) is 18.9. The number of ether oxygens (including phenoxy) is 11. The molecule has 11 rings (SSSR count). The molecule has 1 saturated carbocycles. The number of amides is 3.